The second-order valence-corrected chi connectivity index (χ2v) is 5.76. The number of nitrogens with zero attached hydrogens (tertiary/aromatic N) is 1. The Morgan fingerprint density at radius 2 is 1.77 bits per heavy atom. The summed E-state index contributed by atoms with van der Waals surface area (Å²) in [6, 6.07) is 10.3. The lowest BCUT2D eigenvalue weighted by molar-refractivity contribution is -0.118. The average Bonchev–Trinajstić information content (AvgIpc) is 2.64. The predicted molar refractivity (Wildman–Crippen MR) is 107 cm³/mol. The summed E-state index contributed by atoms with van der Waals surface area (Å²) in [5.41, 5.74) is 1.85. The molecule has 1 aliphatic heterocycles. The molecule has 1 aliphatic rings. The highest BCUT2D eigenvalue weighted by Gasteiger charge is 2.20. The second-order valence-electron chi connectivity index (χ2n) is 5.76. The Bertz CT molecular complexity index is 705. The third-order valence-electron chi connectivity index (χ3n) is 3.96. The fraction of sp³-hybridized carbons (Fsp3) is 0.278. The van der Waals surface area contributed by atoms with E-state index in [0.29, 0.717) is 16.9 Å². The van der Waals surface area contributed by atoms with Crippen molar-refractivity contribution in [3.63, 3.8) is 0 Å². The van der Waals surface area contributed by atoms with E-state index >= 15 is 0 Å². The van der Waals surface area contributed by atoms with Gasteiger partial charge in [0.25, 0.3) is 5.91 Å². The van der Waals surface area contributed by atoms with Gasteiger partial charge in [-0.2, -0.15) is 0 Å². The van der Waals surface area contributed by atoms with Gasteiger partial charge in [-0.15, -0.1) is 24.8 Å². The number of piperidine rings is 1. The van der Waals surface area contributed by atoms with Gasteiger partial charge in [-0.1, -0.05) is 6.42 Å². The van der Waals surface area contributed by atoms with E-state index in [1.807, 2.05) is 0 Å². The van der Waals surface area contributed by atoms with Crippen LogP contribution in [0.1, 0.15) is 29.6 Å². The molecule has 2 amide bonds. The molecule has 2 aromatic rings. The Hall–Kier alpha value is -2.15. The highest BCUT2D eigenvalue weighted by Crippen LogP contribution is 2.14. The first-order chi connectivity index (χ1) is 11.7. The first kappa shape index (κ1) is 21.9. The summed E-state index contributed by atoms with van der Waals surface area (Å²) in [4.78, 5) is 28.3. The third kappa shape index (κ3) is 5.98. The minimum absolute atomic E-state index is 0. The van der Waals surface area contributed by atoms with Crippen LogP contribution in [-0.2, 0) is 4.79 Å². The van der Waals surface area contributed by atoms with Crippen LogP contribution in [0.25, 0.3) is 0 Å². The molecule has 2 heterocycles. The van der Waals surface area contributed by atoms with Crippen LogP contribution in [0.15, 0.2) is 48.8 Å². The van der Waals surface area contributed by atoms with Crippen molar-refractivity contribution in [3.05, 3.63) is 54.4 Å². The third-order valence-corrected chi connectivity index (χ3v) is 3.96. The van der Waals surface area contributed by atoms with Crippen LogP contribution in [0.4, 0.5) is 11.4 Å². The summed E-state index contributed by atoms with van der Waals surface area (Å²) in [5.74, 6) is -0.239. The Kier molecular flexibility index (Phi) is 9.05. The van der Waals surface area contributed by atoms with E-state index in [-0.39, 0.29) is 42.7 Å². The number of aromatic nitrogens is 1. The highest BCUT2D eigenvalue weighted by atomic mass is 35.5. The SMILES string of the molecule is Cl.Cl.O=C(Nc1cccnc1)c1ccc(NC(=O)[C@H]2CCCCN2)cc1. The molecule has 26 heavy (non-hydrogen) atoms. The molecular formula is C18H22Cl2N4O2. The number of pyridine rings is 1. The predicted octanol–water partition coefficient (Wildman–Crippen LogP) is 3.26. The maximum atomic E-state index is 12.2. The van der Waals surface area contributed by atoms with Crippen molar-refractivity contribution < 1.29 is 9.59 Å². The molecule has 0 spiro atoms. The van der Waals surface area contributed by atoms with Crippen molar-refractivity contribution in [1.29, 1.82) is 0 Å². The van der Waals surface area contributed by atoms with Gasteiger partial charge in [0.15, 0.2) is 0 Å². The molecule has 0 bridgehead atoms. The molecule has 3 rings (SSSR count). The number of anilines is 2. The molecule has 0 unspecified atom stereocenters. The fourth-order valence-corrected chi connectivity index (χ4v) is 2.65. The lowest BCUT2D eigenvalue weighted by Gasteiger charge is -2.22. The molecule has 1 saturated heterocycles. The first-order valence-electron chi connectivity index (χ1n) is 8.08. The van der Waals surface area contributed by atoms with Crippen LogP contribution in [0.2, 0.25) is 0 Å². The van der Waals surface area contributed by atoms with Crippen molar-refractivity contribution in [2.45, 2.75) is 25.3 Å². The van der Waals surface area contributed by atoms with E-state index in [9.17, 15) is 9.59 Å². The van der Waals surface area contributed by atoms with Gasteiger partial charge >= 0.3 is 0 Å². The second kappa shape index (κ2) is 10.8. The quantitative estimate of drug-likeness (QED) is 0.740. The van der Waals surface area contributed by atoms with Gasteiger partial charge in [0.05, 0.1) is 17.9 Å². The first-order valence-corrected chi connectivity index (χ1v) is 8.08. The molecule has 0 aliphatic carbocycles. The summed E-state index contributed by atoms with van der Waals surface area (Å²) in [6.45, 7) is 0.880. The Labute approximate surface area is 165 Å². The molecule has 1 atom stereocenters. The summed E-state index contributed by atoms with van der Waals surface area (Å²) in [6.07, 6.45) is 6.28. The molecule has 0 radical (unpaired) electrons. The zero-order chi connectivity index (χ0) is 16.8. The van der Waals surface area contributed by atoms with Crippen LogP contribution >= 0.6 is 24.8 Å². The lowest BCUT2D eigenvalue weighted by atomic mass is 10.0. The van der Waals surface area contributed by atoms with Gasteiger partial charge in [0.2, 0.25) is 5.91 Å². The summed E-state index contributed by atoms with van der Waals surface area (Å²) in [7, 11) is 0. The molecular weight excluding hydrogens is 375 g/mol. The van der Waals surface area contributed by atoms with E-state index in [2.05, 4.69) is 20.9 Å². The van der Waals surface area contributed by atoms with Crippen molar-refractivity contribution >= 4 is 48.0 Å². The van der Waals surface area contributed by atoms with Gasteiger partial charge in [-0.25, -0.2) is 0 Å². The fourth-order valence-electron chi connectivity index (χ4n) is 2.65. The Balaban J connectivity index is 0.00000169. The number of carbonyl (C=O) groups excluding carboxylic acids is 2. The molecule has 1 fully saturated rings. The van der Waals surface area contributed by atoms with E-state index in [0.717, 1.165) is 25.8 Å². The van der Waals surface area contributed by atoms with Gasteiger partial charge < -0.3 is 16.0 Å². The minimum atomic E-state index is -0.213. The zero-order valence-corrected chi connectivity index (χ0v) is 15.7. The van der Waals surface area contributed by atoms with Crippen LogP contribution < -0.4 is 16.0 Å². The lowest BCUT2D eigenvalue weighted by Crippen LogP contribution is -2.43. The standard InChI is InChI=1S/C18H20N4O2.2ClH/c23-17(22-15-4-3-10-19-12-15)13-6-8-14(9-7-13)21-18(24)16-5-1-2-11-20-16;;/h3-4,6-10,12,16,20H,1-2,5,11H2,(H,21,24)(H,22,23);2*1H/t16-;;/m1../s1. The van der Waals surface area contributed by atoms with Crippen molar-refractivity contribution in [1.82, 2.24) is 10.3 Å². The minimum Gasteiger partial charge on any atom is -0.325 e. The normalized spacial score (nSPS) is 15.8. The molecule has 6 nitrogen and oxygen atoms in total. The number of hydrogen-bond donors (Lipinski definition) is 3. The largest absolute Gasteiger partial charge is 0.325 e. The highest BCUT2D eigenvalue weighted by molar-refractivity contribution is 6.04. The molecule has 140 valence electrons. The molecule has 1 aromatic heterocycles. The van der Waals surface area contributed by atoms with Crippen LogP contribution in [-0.4, -0.2) is 29.4 Å². The zero-order valence-electron chi connectivity index (χ0n) is 14.1. The smallest absolute Gasteiger partial charge is 0.255 e. The van der Waals surface area contributed by atoms with Gasteiger partial charge in [-0.3, -0.25) is 14.6 Å². The van der Waals surface area contributed by atoms with Crippen LogP contribution in [0.3, 0.4) is 0 Å². The van der Waals surface area contributed by atoms with Gasteiger partial charge in [0.1, 0.15) is 0 Å². The Morgan fingerprint density at radius 1 is 1.00 bits per heavy atom. The number of halogens is 2. The number of benzene rings is 1. The van der Waals surface area contributed by atoms with Crippen LogP contribution in [0.5, 0.6) is 0 Å². The molecule has 1 aromatic carbocycles. The van der Waals surface area contributed by atoms with Crippen molar-refractivity contribution in [2.24, 2.45) is 0 Å². The van der Waals surface area contributed by atoms with Gasteiger partial charge in [0, 0.05) is 17.4 Å². The molecule has 8 heteroatoms. The summed E-state index contributed by atoms with van der Waals surface area (Å²) < 4.78 is 0. The Morgan fingerprint density at radius 3 is 2.38 bits per heavy atom. The number of carbonyl (C=O) groups is 2. The van der Waals surface area contributed by atoms with Crippen LogP contribution in [0, 0.1) is 0 Å². The number of hydrogen-bond acceptors (Lipinski definition) is 4. The van der Waals surface area contributed by atoms with E-state index in [1.54, 1.807) is 48.8 Å². The monoisotopic (exact) mass is 396 g/mol. The van der Waals surface area contributed by atoms with E-state index in [4.69, 9.17) is 0 Å². The van der Waals surface area contributed by atoms with Crippen molar-refractivity contribution in [3.8, 4) is 0 Å². The topological polar surface area (TPSA) is 83.1 Å². The molecule has 0 saturated carbocycles. The van der Waals surface area contributed by atoms with Crippen molar-refractivity contribution in [2.75, 3.05) is 17.2 Å². The maximum absolute atomic E-state index is 12.2. The average molecular weight is 397 g/mol. The number of rotatable bonds is 4. The summed E-state index contributed by atoms with van der Waals surface area (Å²) >= 11 is 0. The maximum Gasteiger partial charge on any atom is 0.255 e. The van der Waals surface area contributed by atoms with E-state index in [1.165, 1.54) is 0 Å². The number of nitrogens with one attached hydrogen (secondary N) is 3. The molecule has 3 N–H and O–H groups in total. The number of amides is 2. The summed E-state index contributed by atoms with van der Waals surface area (Å²) in [5, 5.41) is 8.87. The van der Waals surface area contributed by atoms with E-state index < -0.39 is 0 Å². The van der Waals surface area contributed by atoms with Gasteiger partial charge in [-0.05, 0) is 55.8 Å².